The molecule has 7 heteroatoms. The fourth-order valence-electron chi connectivity index (χ4n) is 3.92. The zero-order valence-corrected chi connectivity index (χ0v) is 16.9. The van der Waals surface area contributed by atoms with Gasteiger partial charge in [0.2, 0.25) is 0 Å². The van der Waals surface area contributed by atoms with Crippen LogP contribution in [0, 0.1) is 0 Å². The molecular weight excluding hydrogens is 370 g/mol. The summed E-state index contributed by atoms with van der Waals surface area (Å²) in [7, 11) is 3.58. The minimum Gasteiger partial charge on any atom is -0.497 e. The highest BCUT2D eigenvalue weighted by Crippen LogP contribution is 2.37. The highest BCUT2D eigenvalue weighted by atomic mass is 16.5. The van der Waals surface area contributed by atoms with Crippen LogP contribution >= 0.6 is 0 Å². The first-order chi connectivity index (χ1) is 14.0. The lowest BCUT2D eigenvalue weighted by atomic mass is 9.84. The van der Waals surface area contributed by atoms with Crippen LogP contribution in [0.5, 0.6) is 5.75 Å². The van der Waals surface area contributed by atoms with Gasteiger partial charge in [-0.25, -0.2) is 0 Å². The second-order valence-corrected chi connectivity index (χ2v) is 7.74. The Bertz CT molecular complexity index is 1070. The van der Waals surface area contributed by atoms with Gasteiger partial charge in [0, 0.05) is 55.0 Å². The normalized spacial score (nSPS) is 19.0. The number of carbonyl (C=O) groups is 1. The summed E-state index contributed by atoms with van der Waals surface area (Å²) in [5.74, 6) is 0.752. The molecule has 0 spiro atoms. The van der Waals surface area contributed by atoms with E-state index in [9.17, 15) is 9.90 Å². The summed E-state index contributed by atoms with van der Waals surface area (Å²) in [6, 6.07) is 5.72. The fourth-order valence-corrected chi connectivity index (χ4v) is 3.92. The van der Waals surface area contributed by atoms with Crippen LogP contribution in [0.1, 0.15) is 24.7 Å². The Morgan fingerprint density at radius 2 is 2.21 bits per heavy atom. The van der Waals surface area contributed by atoms with Crippen molar-refractivity contribution in [1.82, 2.24) is 14.5 Å². The molecule has 7 nitrogen and oxygen atoms in total. The van der Waals surface area contributed by atoms with Gasteiger partial charge in [-0.1, -0.05) is 0 Å². The molecule has 1 N–H and O–H groups in total. The number of hydrogen-bond donors (Lipinski definition) is 1. The molecular formula is C22H25N3O4. The summed E-state index contributed by atoms with van der Waals surface area (Å²) in [6.45, 7) is 2.56. The molecule has 4 heterocycles. The molecule has 4 rings (SSSR count). The van der Waals surface area contributed by atoms with Gasteiger partial charge in [-0.05, 0) is 19.4 Å². The molecule has 1 aliphatic rings. The molecule has 1 aliphatic heterocycles. The zero-order valence-electron chi connectivity index (χ0n) is 16.9. The quantitative estimate of drug-likeness (QED) is 0.690. The van der Waals surface area contributed by atoms with E-state index in [2.05, 4.69) is 4.98 Å². The van der Waals surface area contributed by atoms with Gasteiger partial charge in [0.05, 0.1) is 48.8 Å². The standard InChI is InChI=1S/C22H25N3O4/c1-14(27)6-15-7-17-18(11-25(2)20(17)10-23-15)19-8-16(28-3)9-21(24-19)22(12-26)4-5-29-13-22/h7-11,26H,4-6,12-13H2,1-3H3/t22-/m0/s1. The molecule has 0 saturated carbocycles. The van der Waals surface area contributed by atoms with Gasteiger partial charge >= 0.3 is 0 Å². The Morgan fingerprint density at radius 1 is 1.38 bits per heavy atom. The number of ether oxygens (including phenoxy) is 2. The number of fused-ring (bicyclic) bond motifs is 1. The molecule has 152 valence electrons. The molecule has 0 aromatic carbocycles. The first-order valence-corrected chi connectivity index (χ1v) is 9.65. The van der Waals surface area contributed by atoms with Crippen molar-refractivity contribution in [1.29, 1.82) is 0 Å². The number of aliphatic hydroxyl groups is 1. The number of nitrogens with zero attached hydrogens (tertiary/aromatic N) is 3. The molecule has 1 fully saturated rings. The maximum atomic E-state index is 11.5. The van der Waals surface area contributed by atoms with Crippen LogP contribution in [0.4, 0.5) is 0 Å². The van der Waals surface area contributed by atoms with E-state index in [4.69, 9.17) is 14.5 Å². The van der Waals surface area contributed by atoms with Crippen molar-refractivity contribution in [2.45, 2.75) is 25.2 Å². The van der Waals surface area contributed by atoms with E-state index >= 15 is 0 Å². The molecule has 29 heavy (non-hydrogen) atoms. The molecule has 0 aliphatic carbocycles. The first-order valence-electron chi connectivity index (χ1n) is 9.65. The van der Waals surface area contributed by atoms with Gasteiger partial charge in [-0.3, -0.25) is 14.8 Å². The molecule has 0 amide bonds. The highest BCUT2D eigenvalue weighted by Gasteiger charge is 2.38. The van der Waals surface area contributed by atoms with Crippen LogP contribution in [0.2, 0.25) is 0 Å². The Morgan fingerprint density at radius 3 is 2.86 bits per heavy atom. The maximum absolute atomic E-state index is 11.5. The zero-order chi connectivity index (χ0) is 20.6. The average Bonchev–Trinajstić information content (AvgIpc) is 3.33. The van der Waals surface area contributed by atoms with Gasteiger partial charge in [0.15, 0.2) is 0 Å². The third-order valence-corrected chi connectivity index (χ3v) is 5.62. The lowest BCUT2D eigenvalue weighted by Gasteiger charge is -2.25. The third-order valence-electron chi connectivity index (χ3n) is 5.62. The van der Waals surface area contributed by atoms with Gasteiger partial charge < -0.3 is 19.1 Å². The number of aromatic nitrogens is 3. The van der Waals surface area contributed by atoms with E-state index in [0.29, 0.717) is 31.8 Å². The number of ketones is 1. The number of pyridine rings is 2. The van der Waals surface area contributed by atoms with Crippen molar-refractivity contribution in [3.8, 4) is 17.0 Å². The minimum atomic E-state index is -0.519. The van der Waals surface area contributed by atoms with Gasteiger partial charge in [-0.15, -0.1) is 0 Å². The maximum Gasteiger partial charge on any atom is 0.135 e. The number of aryl methyl sites for hydroxylation is 1. The number of Topliss-reactive ketones (excluding diaryl/α,β-unsaturated/α-hetero) is 1. The Balaban J connectivity index is 1.89. The predicted molar refractivity (Wildman–Crippen MR) is 109 cm³/mol. The van der Waals surface area contributed by atoms with Crippen LogP contribution < -0.4 is 4.74 Å². The molecule has 3 aromatic heterocycles. The number of aliphatic hydroxyl groups excluding tert-OH is 1. The van der Waals surface area contributed by atoms with Crippen molar-refractivity contribution in [3.05, 3.63) is 42.0 Å². The summed E-state index contributed by atoms with van der Waals surface area (Å²) in [5, 5.41) is 11.1. The number of hydrogen-bond acceptors (Lipinski definition) is 6. The van der Waals surface area contributed by atoms with Crippen LogP contribution in [0.25, 0.3) is 22.2 Å². The van der Waals surface area contributed by atoms with E-state index in [-0.39, 0.29) is 12.4 Å². The second-order valence-electron chi connectivity index (χ2n) is 7.74. The van der Waals surface area contributed by atoms with Gasteiger partial charge in [0.1, 0.15) is 11.5 Å². The van der Waals surface area contributed by atoms with Crippen molar-refractivity contribution in [2.24, 2.45) is 7.05 Å². The number of carbonyl (C=O) groups excluding carboxylic acids is 1. The SMILES string of the molecule is COc1cc(-c2cn(C)c3cnc(CC(C)=O)cc23)nc([C@]2(CO)CCOC2)c1. The summed E-state index contributed by atoms with van der Waals surface area (Å²) in [6.07, 6.45) is 4.81. The van der Waals surface area contributed by atoms with E-state index in [1.165, 1.54) is 0 Å². The van der Waals surface area contributed by atoms with E-state index in [0.717, 1.165) is 33.5 Å². The lowest BCUT2D eigenvalue weighted by Crippen LogP contribution is -2.32. The Kier molecular flexibility index (Phi) is 5.10. The van der Waals surface area contributed by atoms with E-state index in [1.807, 2.05) is 36.0 Å². The smallest absolute Gasteiger partial charge is 0.135 e. The third kappa shape index (κ3) is 3.52. The topological polar surface area (TPSA) is 86.5 Å². The van der Waals surface area contributed by atoms with Crippen molar-refractivity contribution < 1.29 is 19.4 Å². The second kappa shape index (κ2) is 7.57. The molecule has 0 radical (unpaired) electrons. The lowest BCUT2D eigenvalue weighted by molar-refractivity contribution is -0.116. The summed E-state index contributed by atoms with van der Waals surface area (Å²) in [5.41, 5.74) is 3.62. The summed E-state index contributed by atoms with van der Waals surface area (Å²) < 4.78 is 13.1. The van der Waals surface area contributed by atoms with Gasteiger partial charge in [0.25, 0.3) is 0 Å². The molecule has 1 atom stereocenters. The largest absolute Gasteiger partial charge is 0.497 e. The fraction of sp³-hybridized carbons (Fsp3) is 0.409. The monoisotopic (exact) mass is 395 g/mol. The van der Waals surface area contributed by atoms with Crippen LogP contribution in [0.15, 0.2) is 30.6 Å². The molecule has 0 bridgehead atoms. The summed E-state index contributed by atoms with van der Waals surface area (Å²) in [4.78, 5) is 20.9. The summed E-state index contributed by atoms with van der Waals surface area (Å²) >= 11 is 0. The predicted octanol–water partition coefficient (Wildman–Crippen LogP) is 2.43. The van der Waals surface area contributed by atoms with Crippen LogP contribution in [-0.4, -0.2) is 52.4 Å². The van der Waals surface area contributed by atoms with Crippen molar-refractivity contribution >= 4 is 16.7 Å². The average molecular weight is 395 g/mol. The molecule has 1 saturated heterocycles. The van der Waals surface area contributed by atoms with Crippen molar-refractivity contribution in [3.63, 3.8) is 0 Å². The van der Waals surface area contributed by atoms with Crippen LogP contribution in [0.3, 0.4) is 0 Å². The van der Waals surface area contributed by atoms with Crippen LogP contribution in [-0.2, 0) is 28.4 Å². The number of methoxy groups -OCH3 is 1. The Labute approximate surface area is 169 Å². The minimum absolute atomic E-state index is 0.0329. The first kappa shape index (κ1) is 19.5. The highest BCUT2D eigenvalue weighted by molar-refractivity contribution is 5.95. The van der Waals surface area contributed by atoms with Crippen molar-refractivity contribution in [2.75, 3.05) is 26.9 Å². The van der Waals surface area contributed by atoms with Gasteiger partial charge in [-0.2, -0.15) is 0 Å². The van der Waals surface area contributed by atoms with E-state index in [1.54, 1.807) is 20.2 Å². The number of rotatable bonds is 6. The Hall–Kier alpha value is -2.77. The van der Waals surface area contributed by atoms with E-state index < -0.39 is 5.41 Å². The molecule has 0 unspecified atom stereocenters. The molecule has 3 aromatic rings.